The summed E-state index contributed by atoms with van der Waals surface area (Å²) >= 11 is 6.22. The van der Waals surface area contributed by atoms with Crippen LogP contribution < -0.4 is 15.4 Å². The molecule has 2 aromatic rings. The van der Waals surface area contributed by atoms with E-state index in [1.807, 2.05) is 30.3 Å². The second-order valence-electron chi connectivity index (χ2n) is 10.5. The predicted molar refractivity (Wildman–Crippen MR) is 148 cm³/mol. The van der Waals surface area contributed by atoms with Gasteiger partial charge in [0, 0.05) is 26.6 Å². The molecule has 212 valence electrons. The number of likely N-dealkylation sites (tertiary alicyclic amines) is 1. The highest BCUT2D eigenvalue weighted by molar-refractivity contribution is 6.32. The molecule has 0 radical (unpaired) electrons. The third kappa shape index (κ3) is 6.04. The van der Waals surface area contributed by atoms with Crippen molar-refractivity contribution in [2.75, 3.05) is 26.7 Å². The summed E-state index contributed by atoms with van der Waals surface area (Å²) in [6, 6.07) is 15.0. The summed E-state index contributed by atoms with van der Waals surface area (Å²) < 4.78 is 5.82. The number of nitrogens with zero attached hydrogens (tertiary/aromatic N) is 3. The Kier molecular flexibility index (Phi) is 8.34. The Labute approximate surface area is 237 Å². The minimum absolute atomic E-state index is 0.0674. The molecule has 0 spiro atoms. The molecule has 0 bridgehead atoms. The lowest BCUT2D eigenvalue weighted by Crippen LogP contribution is -2.63. The molecular weight excluding hydrogens is 538 g/mol. The van der Waals surface area contributed by atoms with Gasteiger partial charge in [-0.05, 0) is 38.0 Å². The summed E-state index contributed by atoms with van der Waals surface area (Å²) in [6.07, 6.45) is -0.639. The average Bonchev–Trinajstić information content (AvgIpc) is 3.15. The lowest BCUT2D eigenvalue weighted by molar-refractivity contribution is -0.143. The molecule has 0 saturated carbocycles. The highest BCUT2D eigenvalue weighted by Crippen LogP contribution is 2.38. The molecule has 1 fully saturated rings. The van der Waals surface area contributed by atoms with Crippen molar-refractivity contribution in [3.63, 3.8) is 0 Å². The Balaban J connectivity index is 1.60. The van der Waals surface area contributed by atoms with E-state index in [4.69, 9.17) is 21.4 Å². The number of hydrogen-bond acceptors (Lipinski definition) is 6. The van der Waals surface area contributed by atoms with Crippen LogP contribution in [0.25, 0.3) is 0 Å². The second-order valence-corrected chi connectivity index (χ2v) is 10.9. The van der Waals surface area contributed by atoms with Crippen molar-refractivity contribution >= 4 is 41.1 Å². The molecule has 0 aromatic heterocycles. The first-order valence-electron chi connectivity index (χ1n) is 12.8. The fraction of sp³-hybridized carbons (Fsp3) is 0.393. The number of fused-ring (bicyclic) bond motifs is 1. The van der Waals surface area contributed by atoms with Gasteiger partial charge in [0.15, 0.2) is 0 Å². The van der Waals surface area contributed by atoms with Gasteiger partial charge in [0.05, 0.1) is 10.7 Å². The number of carbonyl (C=O) groups excluding carboxylic acids is 3. The average molecular weight is 570 g/mol. The SMILES string of the molecule is CN1N=C2CCN(C(=O)[C@@H](COc3ccccc3Cl)NC(=O)C(C)(C)NC(=O)O)C[C@@]2(Cc2ccccc2)C1=O. The molecule has 12 heteroatoms. The Morgan fingerprint density at radius 2 is 1.82 bits per heavy atom. The van der Waals surface area contributed by atoms with Crippen LogP contribution in [0.1, 0.15) is 25.8 Å². The number of rotatable bonds is 9. The van der Waals surface area contributed by atoms with Gasteiger partial charge in [0.1, 0.15) is 29.4 Å². The van der Waals surface area contributed by atoms with Crippen LogP contribution in [0.2, 0.25) is 5.02 Å². The molecule has 2 heterocycles. The summed E-state index contributed by atoms with van der Waals surface area (Å²) in [6.45, 7) is 2.85. The highest BCUT2D eigenvalue weighted by atomic mass is 35.5. The standard InChI is InChI=1S/C28H32ClN5O6/c1-27(2,31-26(38)39)24(36)30-20(16-40-21-12-8-7-11-19(21)29)23(35)34-14-13-22-28(17-34,25(37)33(3)32-22)15-18-9-5-4-6-10-18/h4-12,20,31H,13-17H2,1-3H3,(H,30,36)(H,38,39)/t20-,28-/m1/s1. The van der Waals surface area contributed by atoms with Crippen LogP contribution in [0, 0.1) is 5.41 Å². The summed E-state index contributed by atoms with van der Waals surface area (Å²) in [4.78, 5) is 53.3. The van der Waals surface area contributed by atoms with Gasteiger partial charge in [-0.1, -0.05) is 54.1 Å². The van der Waals surface area contributed by atoms with Gasteiger partial charge in [-0.2, -0.15) is 5.10 Å². The first-order chi connectivity index (χ1) is 18.9. The van der Waals surface area contributed by atoms with Gasteiger partial charge < -0.3 is 25.4 Å². The lowest BCUT2D eigenvalue weighted by Gasteiger charge is -2.40. The molecule has 3 N–H and O–H groups in total. The summed E-state index contributed by atoms with van der Waals surface area (Å²) in [5, 5.41) is 20.1. The van der Waals surface area contributed by atoms with Crippen molar-refractivity contribution < 1.29 is 29.0 Å². The molecule has 40 heavy (non-hydrogen) atoms. The number of halogens is 1. The Morgan fingerprint density at radius 3 is 2.50 bits per heavy atom. The van der Waals surface area contributed by atoms with Gasteiger partial charge in [-0.15, -0.1) is 0 Å². The number of nitrogens with one attached hydrogen (secondary N) is 2. The molecule has 11 nitrogen and oxygen atoms in total. The number of para-hydroxylation sites is 1. The van der Waals surface area contributed by atoms with Crippen molar-refractivity contribution in [3.8, 4) is 5.75 Å². The molecule has 0 unspecified atom stereocenters. The monoisotopic (exact) mass is 569 g/mol. The molecular formula is C28H32ClN5O6. The third-order valence-corrected chi connectivity index (χ3v) is 7.41. The second kappa shape index (κ2) is 11.5. The van der Waals surface area contributed by atoms with E-state index < -0.39 is 34.9 Å². The molecule has 1 saturated heterocycles. The van der Waals surface area contributed by atoms with E-state index in [-0.39, 0.29) is 25.6 Å². The normalized spacial score (nSPS) is 19.4. The van der Waals surface area contributed by atoms with Crippen LogP contribution in [0.5, 0.6) is 5.75 Å². The predicted octanol–water partition coefficient (Wildman–Crippen LogP) is 2.54. The molecule has 4 amide bonds. The fourth-order valence-corrected chi connectivity index (χ4v) is 5.20. The smallest absolute Gasteiger partial charge is 0.405 e. The first-order valence-corrected chi connectivity index (χ1v) is 13.2. The van der Waals surface area contributed by atoms with E-state index in [1.165, 1.54) is 23.8 Å². The summed E-state index contributed by atoms with van der Waals surface area (Å²) in [5.74, 6) is -1.07. The Morgan fingerprint density at radius 1 is 1.15 bits per heavy atom. The van der Waals surface area contributed by atoms with Crippen molar-refractivity contribution in [1.29, 1.82) is 0 Å². The number of piperidine rings is 1. The number of benzene rings is 2. The van der Waals surface area contributed by atoms with E-state index in [1.54, 1.807) is 31.3 Å². The number of amides is 4. The van der Waals surface area contributed by atoms with Crippen molar-refractivity contribution in [1.82, 2.24) is 20.5 Å². The Bertz CT molecular complexity index is 1330. The van der Waals surface area contributed by atoms with Crippen molar-refractivity contribution in [2.45, 2.75) is 38.3 Å². The van der Waals surface area contributed by atoms with Gasteiger partial charge in [-0.3, -0.25) is 14.4 Å². The zero-order chi connectivity index (χ0) is 29.1. The van der Waals surface area contributed by atoms with Gasteiger partial charge >= 0.3 is 6.09 Å². The maximum Gasteiger partial charge on any atom is 0.405 e. The summed E-state index contributed by atoms with van der Waals surface area (Å²) in [5.41, 5.74) is -0.921. The number of ether oxygens (including phenoxy) is 1. The first kappa shape index (κ1) is 28.9. The van der Waals surface area contributed by atoms with Crippen molar-refractivity contribution in [2.24, 2.45) is 10.5 Å². The van der Waals surface area contributed by atoms with Crippen LogP contribution in [-0.4, -0.2) is 82.9 Å². The zero-order valence-corrected chi connectivity index (χ0v) is 23.3. The Hall–Kier alpha value is -4.12. The van der Waals surface area contributed by atoms with Crippen LogP contribution in [0.3, 0.4) is 0 Å². The minimum Gasteiger partial charge on any atom is -0.489 e. The quantitative estimate of drug-likeness (QED) is 0.424. The van der Waals surface area contributed by atoms with Crippen LogP contribution in [-0.2, 0) is 20.8 Å². The van der Waals surface area contributed by atoms with Crippen molar-refractivity contribution in [3.05, 3.63) is 65.2 Å². The van der Waals surface area contributed by atoms with E-state index in [0.717, 1.165) is 5.56 Å². The topological polar surface area (TPSA) is 141 Å². The molecule has 0 aliphatic carbocycles. The van der Waals surface area contributed by atoms with Gasteiger partial charge in [0.2, 0.25) is 11.8 Å². The van der Waals surface area contributed by atoms with Gasteiger partial charge in [0.25, 0.3) is 5.91 Å². The third-order valence-electron chi connectivity index (χ3n) is 7.10. The number of carbonyl (C=O) groups is 4. The summed E-state index contributed by atoms with van der Waals surface area (Å²) in [7, 11) is 1.60. The van der Waals surface area contributed by atoms with E-state index in [0.29, 0.717) is 29.3 Å². The lowest BCUT2D eigenvalue weighted by atomic mass is 9.73. The van der Waals surface area contributed by atoms with Crippen LogP contribution in [0.4, 0.5) is 4.79 Å². The number of hydrogen-bond donors (Lipinski definition) is 3. The van der Waals surface area contributed by atoms with Crippen LogP contribution >= 0.6 is 11.6 Å². The zero-order valence-electron chi connectivity index (χ0n) is 22.5. The molecule has 2 atom stereocenters. The molecule has 4 rings (SSSR count). The maximum atomic E-state index is 14.0. The molecule has 2 aromatic carbocycles. The minimum atomic E-state index is -1.53. The molecule has 2 aliphatic heterocycles. The highest BCUT2D eigenvalue weighted by Gasteiger charge is 2.54. The fourth-order valence-electron chi connectivity index (χ4n) is 5.01. The van der Waals surface area contributed by atoms with Crippen LogP contribution in [0.15, 0.2) is 59.7 Å². The van der Waals surface area contributed by atoms with E-state index in [9.17, 15) is 19.2 Å². The van der Waals surface area contributed by atoms with E-state index >= 15 is 0 Å². The number of carboxylic acid groups (broad SMARTS) is 1. The van der Waals surface area contributed by atoms with E-state index in [2.05, 4.69) is 15.7 Å². The molecule has 2 aliphatic rings. The number of hydrazone groups is 1. The largest absolute Gasteiger partial charge is 0.489 e. The maximum absolute atomic E-state index is 14.0. The van der Waals surface area contributed by atoms with Gasteiger partial charge in [-0.25, -0.2) is 9.80 Å².